The fourth-order valence-electron chi connectivity index (χ4n) is 2.92. The van der Waals surface area contributed by atoms with Gasteiger partial charge >= 0.3 is 0 Å². The highest BCUT2D eigenvalue weighted by Crippen LogP contribution is 2.36. The third-order valence-corrected chi connectivity index (χ3v) is 4.70. The van der Waals surface area contributed by atoms with E-state index >= 15 is 0 Å². The van der Waals surface area contributed by atoms with E-state index in [2.05, 4.69) is 45.0 Å². The van der Waals surface area contributed by atoms with Crippen molar-refractivity contribution >= 4 is 0 Å². The summed E-state index contributed by atoms with van der Waals surface area (Å²) in [5.74, 6) is 0. The molecule has 2 fully saturated rings. The van der Waals surface area contributed by atoms with Gasteiger partial charge in [-0.15, -0.1) is 0 Å². The lowest BCUT2D eigenvalue weighted by molar-refractivity contribution is -0.00199. The molecule has 2 aliphatic rings. The molecule has 3 nitrogen and oxygen atoms in total. The number of aliphatic hydroxyl groups excluding tert-OH is 1. The number of hydrogen-bond acceptors (Lipinski definition) is 3. The average Bonchev–Trinajstić information content (AvgIpc) is 2.27. The largest absolute Gasteiger partial charge is 0.393 e. The van der Waals surface area contributed by atoms with Crippen LogP contribution in [0.5, 0.6) is 0 Å². The zero-order chi connectivity index (χ0) is 13.8. The van der Waals surface area contributed by atoms with E-state index in [-0.39, 0.29) is 6.10 Å². The lowest BCUT2D eigenvalue weighted by Crippen LogP contribution is -2.56. The second-order valence-electron chi connectivity index (χ2n) is 7.02. The Morgan fingerprint density at radius 2 is 1.44 bits per heavy atom. The Bertz CT molecular complexity index is 229. The van der Waals surface area contributed by atoms with Crippen molar-refractivity contribution in [3.05, 3.63) is 0 Å². The molecule has 2 N–H and O–H groups in total. The predicted molar refractivity (Wildman–Crippen MR) is 77.9 cm³/mol. The zero-order valence-corrected chi connectivity index (χ0v) is 12.9. The first-order valence-electron chi connectivity index (χ1n) is 7.38. The molecule has 0 amide bonds. The van der Waals surface area contributed by atoms with Crippen molar-refractivity contribution in [2.45, 2.75) is 77.0 Å². The van der Waals surface area contributed by atoms with Crippen LogP contribution in [0, 0.1) is 0 Å². The summed E-state index contributed by atoms with van der Waals surface area (Å²) in [5, 5.41) is 12.0. The first-order chi connectivity index (χ1) is 8.26. The molecule has 18 heavy (non-hydrogen) atoms. The van der Waals surface area contributed by atoms with Crippen molar-refractivity contribution in [3.63, 3.8) is 0 Å². The van der Waals surface area contributed by atoms with Gasteiger partial charge in [-0.2, -0.15) is 0 Å². The summed E-state index contributed by atoms with van der Waals surface area (Å²) in [6.45, 7) is 11.3. The van der Waals surface area contributed by atoms with Gasteiger partial charge in [0.15, 0.2) is 0 Å². The molecule has 0 unspecified atom stereocenters. The van der Waals surface area contributed by atoms with Crippen molar-refractivity contribution < 1.29 is 5.11 Å². The maximum absolute atomic E-state index is 8.87. The Labute approximate surface area is 113 Å². The molecule has 0 atom stereocenters. The normalized spacial score (nSPS) is 28.3. The molecule has 3 heteroatoms. The second kappa shape index (κ2) is 6.36. The molecular weight excluding hydrogens is 224 g/mol. The number of nitrogens with one attached hydrogen (secondary N) is 1. The predicted octanol–water partition coefficient (Wildman–Crippen LogP) is 2.39. The van der Waals surface area contributed by atoms with E-state index in [9.17, 15) is 0 Å². The van der Waals surface area contributed by atoms with E-state index in [4.69, 9.17) is 5.11 Å². The van der Waals surface area contributed by atoms with Gasteiger partial charge < -0.3 is 10.4 Å². The van der Waals surface area contributed by atoms with Crippen LogP contribution in [0.3, 0.4) is 0 Å². The zero-order valence-electron chi connectivity index (χ0n) is 12.9. The van der Waals surface area contributed by atoms with E-state index in [1.165, 1.54) is 19.3 Å². The molecule has 0 aliphatic carbocycles. The van der Waals surface area contributed by atoms with Gasteiger partial charge in [0.25, 0.3) is 0 Å². The highest BCUT2D eigenvalue weighted by Gasteiger charge is 2.38. The number of nitrogens with zero attached hydrogens (tertiary/aromatic N) is 1. The van der Waals surface area contributed by atoms with Gasteiger partial charge in [0.05, 0.1) is 6.10 Å². The first kappa shape index (κ1) is 15.9. The van der Waals surface area contributed by atoms with E-state index < -0.39 is 0 Å². The molecule has 0 bridgehead atoms. The molecule has 0 aromatic rings. The summed E-state index contributed by atoms with van der Waals surface area (Å²) in [4.78, 5) is 2.52. The Balaban J connectivity index is 0.000000199. The summed E-state index contributed by atoms with van der Waals surface area (Å²) in [6.07, 6.45) is 5.89. The SMILES string of the molecule is CN1C(C)(C)CCCC1(C)C.OC1CCNCC1. The third kappa shape index (κ3) is 4.52. The third-order valence-electron chi connectivity index (χ3n) is 4.70. The molecular formula is C15H32N2O. The van der Waals surface area contributed by atoms with Crippen LogP contribution in [-0.4, -0.2) is 47.3 Å². The van der Waals surface area contributed by atoms with Crippen LogP contribution in [-0.2, 0) is 0 Å². The van der Waals surface area contributed by atoms with Crippen LogP contribution in [0.4, 0.5) is 0 Å². The van der Waals surface area contributed by atoms with Gasteiger partial charge in [0.2, 0.25) is 0 Å². The van der Waals surface area contributed by atoms with Crippen LogP contribution in [0.15, 0.2) is 0 Å². The Morgan fingerprint density at radius 3 is 1.72 bits per heavy atom. The second-order valence-corrected chi connectivity index (χ2v) is 7.02. The van der Waals surface area contributed by atoms with E-state index in [1.807, 2.05) is 0 Å². The van der Waals surface area contributed by atoms with Crippen LogP contribution >= 0.6 is 0 Å². The average molecular weight is 256 g/mol. The van der Waals surface area contributed by atoms with Crippen molar-refractivity contribution in [2.24, 2.45) is 0 Å². The summed E-state index contributed by atoms with van der Waals surface area (Å²) in [6, 6.07) is 0. The molecule has 2 aliphatic heterocycles. The highest BCUT2D eigenvalue weighted by molar-refractivity contribution is 4.94. The maximum Gasteiger partial charge on any atom is 0.0564 e. The lowest BCUT2D eigenvalue weighted by atomic mass is 9.80. The minimum Gasteiger partial charge on any atom is -0.393 e. The number of aliphatic hydroxyl groups is 1. The van der Waals surface area contributed by atoms with Gasteiger partial charge in [-0.1, -0.05) is 0 Å². The molecule has 0 saturated carbocycles. The monoisotopic (exact) mass is 256 g/mol. The van der Waals surface area contributed by atoms with Crippen LogP contribution in [0.2, 0.25) is 0 Å². The fraction of sp³-hybridized carbons (Fsp3) is 1.00. The van der Waals surface area contributed by atoms with Gasteiger partial charge in [-0.25, -0.2) is 0 Å². The topological polar surface area (TPSA) is 35.5 Å². The Kier molecular flexibility index (Phi) is 5.63. The van der Waals surface area contributed by atoms with E-state index in [1.54, 1.807) is 0 Å². The Morgan fingerprint density at radius 1 is 1.00 bits per heavy atom. The van der Waals surface area contributed by atoms with Crippen molar-refractivity contribution in [1.82, 2.24) is 10.2 Å². The molecule has 0 radical (unpaired) electrons. The molecule has 2 saturated heterocycles. The molecule has 108 valence electrons. The van der Waals surface area contributed by atoms with Crippen LogP contribution in [0.1, 0.15) is 59.8 Å². The van der Waals surface area contributed by atoms with Gasteiger partial charge in [-0.3, -0.25) is 4.90 Å². The molecule has 2 heterocycles. The maximum atomic E-state index is 8.87. The summed E-state index contributed by atoms with van der Waals surface area (Å²) in [5.41, 5.74) is 0.809. The molecule has 0 spiro atoms. The fourth-order valence-corrected chi connectivity index (χ4v) is 2.92. The minimum atomic E-state index is -0.0266. The molecule has 2 rings (SSSR count). The number of piperidine rings is 2. The summed E-state index contributed by atoms with van der Waals surface area (Å²) < 4.78 is 0. The minimum absolute atomic E-state index is 0.0266. The standard InChI is InChI=1S/C10H21N.C5H11NO/c1-9(2)7-6-8-10(3,4)11(9)5;7-5-1-3-6-4-2-5/h6-8H2,1-5H3;5-7H,1-4H2. The van der Waals surface area contributed by atoms with E-state index in [0.29, 0.717) is 11.1 Å². The molecule has 0 aromatic carbocycles. The van der Waals surface area contributed by atoms with E-state index in [0.717, 1.165) is 25.9 Å². The Hall–Kier alpha value is -0.120. The number of rotatable bonds is 0. The summed E-state index contributed by atoms with van der Waals surface area (Å²) >= 11 is 0. The van der Waals surface area contributed by atoms with Crippen molar-refractivity contribution in [1.29, 1.82) is 0 Å². The smallest absolute Gasteiger partial charge is 0.0564 e. The lowest BCUT2D eigenvalue weighted by Gasteiger charge is -2.50. The van der Waals surface area contributed by atoms with Crippen molar-refractivity contribution in [2.75, 3.05) is 20.1 Å². The number of likely N-dealkylation sites (tertiary alicyclic amines) is 1. The van der Waals surface area contributed by atoms with Gasteiger partial charge in [0.1, 0.15) is 0 Å². The summed E-state index contributed by atoms with van der Waals surface area (Å²) in [7, 11) is 2.25. The van der Waals surface area contributed by atoms with Gasteiger partial charge in [0, 0.05) is 11.1 Å². The number of hydrogen-bond donors (Lipinski definition) is 2. The van der Waals surface area contributed by atoms with Crippen LogP contribution in [0.25, 0.3) is 0 Å². The first-order valence-corrected chi connectivity index (χ1v) is 7.38. The highest BCUT2D eigenvalue weighted by atomic mass is 16.3. The van der Waals surface area contributed by atoms with Gasteiger partial charge in [-0.05, 0) is 79.9 Å². The molecule has 0 aromatic heterocycles. The van der Waals surface area contributed by atoms with Crippen LogP contribution < -0.4 is 5.32 Å². The quantitative estimate of drug-likeness (QED) is 0.698. The van der Waals surface area contributed by atoms with Crippen molar-refractivity contribution in [3.8, 4) is 0 Å².